The Morgan fingerprint density at radius 3 is 2.79 bits per heavy atom. The fourth-order valence-corrected chi connectivity index (χ4v) is 4.81. The standard InChI is InChI=1S/C19H21N5O3S/c1-14-12-18(21-6-11-28(25,26)23-7-9-27-10-8-23)24-17-5-3-2-4-16(17)22-19(24)15(14)13-20/h2-5,12,21H,6-11H2,1H3. The van der Waals surface area contributed by atoms with Crippen molar-refractivity contribution in [2.75, 3.05) is 43.9 Å². The Morgan fingerprint density at radius 2 is 2.04 bits per heavy atom. The van der Waals surface area contributed by atoms with Crippen molar-refractivity contribution < 1.29 is 13.2 Å². The normalized spacial score (nSPS) is 15.7. The number of morpholine rings is 1. The second-order valence-electron chi connectivity index (χ2n) is 6.71. The van der Waals surface area contributed by atoms with Gasteiger partial charge in [0, 0.05) is 19.6 Å². The van der Waals surface area contributed by atoms with Gasteiger partial charge in [-0.1, -0.05) is 12.1 Å². The third-order valence-electron chi connectivity index (χ3n) is 4.91. The van der Waals surface area contributed by atoms with Crippen molar-refractivity contribution in [1.29, 1.82) is 5.26 Å². The zero-order valence-corrected chi connectivity index (χ0v) is 16.4. The van der Waals surface area contributed by atoms with Crippen LogP contribution in [-0.2, 0) is 14.8 Å². The molecular formula is C19H21N5O3S. The molecule has 0 unspecified atom stereocenters. The van der Waals surface area contributed by atoms with Gasteiger partial charge in [-0.15, -0.1) is 0 Å². The molecule has 1 aliphatic rings. The van der Waals surface area contributed by atoms with Crippen LogP contribution in [0.25, 0.3) is 16.7 Å². The van der Waals surface area contributed by atoms with Crippen LogP contribution in [0.15, 0.2) is 30.3 Å². The van der Waals surface area contributed by atoms with E-state index in [-0.39, 0.29) is 12.3 Å². The molecule has 2 aromatic heterocycles. The molecule has 28 heavy (non-hydrogen) atoms. The predicted octanol–water partition coefficient (Wildman–Crippen LogP) is 1.74. The van der Waals surface area contributed by atoms with Crippen LogP contribution in [0.1, 0.15) is 11.1 Å². The number of hydrogen-bond donors (Lipinski definition) is 1. The largest absolute Gasteiger partial charge is 0.379 e. The van der Waals surface area contributed by atoms with Crippen molar-refractivity contribution in [2.45, 2.75) is 6.92 Å². The Kier molecular flexibility index (Phi) is 4.93. The Morgan fingerprint density at radius 1 is 1.29 bits per heavy atom. The average Bonchev–Trinajstić information content (AvgIpc) is 3.08. The van der Waals surface area contributed by atoms with E-state index in [0.29, 0.717) is 37.5 Å². The molecule has 0 spiro atoms. The summed E-state index contributed by atoms with van der Waals surface area (Å²) in [6.07, 6.45) is 0. The number of imidazole rings is 1. The Labute approximate surface area is 163 Å². The monoisotopic (exact) mass is 399 g/mol. The molecule has 4 rings (SSSR count). The summed E-state index contributed by atoms with van der Waals surface area (Å²) < 4.78 is 33.7. The third-order valence-corrected chi connectivity index (χ3v) is 6.79. The van der Waals surface area contributed by atoms with Gasteiger partial charge in [0.05, 0.1) is 35.6 Å². The number of anilines is 1. The predicted molar refractivity (Wildman–Crippen MR) is 107 cm³/mol. The number of benzene rings is 1. The van der Waals surface area contributed by atoms with E-state index in [1.807, 2.05) is 41.7 Å². The summed E-state index contributed by atoms with van der Waals surface area (Å²) in [5.41, 5.74) is 3.54. The van der Waals surface area contributed by atoms with Gasteiger partial charge >= 0.3 is 0 Å². The number of nitrogens with zero attached hydrogens (tertiary/aromatic N) is 4. The van der Waals surface area contributed by atoms with E-state index < -0.39 is 10.0 Å². The lowest BCUT2D eigenvalue weighted by atomic mass is 10.1. The van der Waals surface area contributed by atoms with Gasteiger partial charge in [0.15, 0.2) is 5.65 Å². The van der Waals surface area contributed by atoms with Crippen LogP contribution in [0.2, 0.25) is 0 Å². The van der Waals surface area contributed by atoms with Gasteiger partial charge < -0.3 is 10.1 Å². The summed E-state index contributed by atoms with van der Waals surface area (Å²) in [5.74, 6) is 0.706. The molecule has 0 radical (unpaired) electrons. The number of sulfonamides is 1. The molecule has 3 aromatic rings. The number of nitriles is 1. The van der Waals surface area contributed by atoms with Gasteiger partial charge in [0.2, 0.25) is 10.0 Å². The van der Waals surface area contributed by atoms with E-state index in [9.17, 15) is 13.7 Å². The first kappa shape index (κ1) is 18.7. The number of rotatable bonds is 5. The molecule has 0 bridgehead atoms. The Bertz CT molecular complexity index is 1170. The van der Waals surface area contributed by atoms with Crippen LogP contribution in [0, 0.1) is 18.3 Å². The Balaban J connectivity index is 1.65. The molecule has 9 heteroatoms. The highest BCUT2D eigenvalue weighted by Crippen LogP contribution is 2.26. The molecular weight excluding hydrogens is 378 g/mol. The maximum atomic E-state index is 12.5. The molecule has 1 aromatic carbocycles. The van der Waals surface area contributed by atoms with Crippen LogP contribution in [0.3, 0.4) is 0 Å². The van der Waals surface area contributed by atoms with Gasteiger partial charge in [-0.3, -0.25) is 4.40 Å². The molecule has 1 saturated heterocycles. The number of aromatic nitrogens is 2. The van der Waals surface area contributed by atoms with E-state index in [1.165, 1.54) is 4.31 Å². The molecule has 146 valence electrons. The van der Waals surface area contributed by atoms with Crippen molar-refractivity contribution in [3.05, 3.63) is 41.5 Å². The fourth-order valence-electron chi connectivity index (χ4n) is 3.49. The van der Waals surface area contributed by atoms with Gasteiger partial charge in [-0.05, 0) is 30.7 Å². The van der Waals surface area contributed by atoms with E-state index in [0.717, 1.165) is 22.4 Å². The first-order valence-corrected chi connectivity index (χ1v) is 10.7. The summed E-state index contributed by atoms with van der Waals surface area (Å²) >= 11 is 0. The quantitative estimate of drug-likeness (QED) is 0.702. The highest BCUT2D eigenvalue weighted by molar-refractivity contribution is 7.89. The van der Waals surface area contributed by atoms with Gasteiger partial charge in [0.25, 0.3) is 0 Å². The summed E-state index contributed by atoms with van der Waals surface area (Å²) in [6.45, 7) is 3.77. The number of aryl methyl sites for hydroxylation is 1. The van der Waals surface area contributed by atoms with Crippen LogP contribution in [0.5, 0.6) is 0 Å². The van der Waals surface area contributed by atoms with Gasteiger partial charge in [-0.2, -0.15) is 9.57 Å². The first-order chi connectivity index (χ1) is 13.5. The summed E-state index contributed by atoms with van der Waals surface area (Å²) in [5, 5.41) is 12.8. The topological polar surface area (TPSA) is 99.7 Å². The highest BCUT2D eigenvalue weighted by Gasteiger charge is 2.24. The van der Waals surface area contributed by atoms with Crippen LogP contribution < -0.4 is 5.32 Å². The summed E-state index contributed by atoms with van der Waals surface area (Å²) in [7, 11) is -3.35. The zero-order chi connectivity index (χ0) is 19.7. The van der Waals surface area contributed by atoms with Crippen LogP contribution in [0.4, 0.5) is 5.82 Å². The van der Waals surface area contributed by atoms with Crippen molar-refractivity contribution >= 4 is 32.5 Å². The van der Waals surface area contributed by atoms with Crippen molar-refractivity contribution in [3.63, 3.8) is 0 Å². The van der Waals surface area contributed by atoms with Crippen LogP contribution >= 0.6 is 0 Å². The highest BCUT2D eigenvalue weighted by atomic mass is 32.2. The number of pyridine rings is 1. The average molecular weight is 399 g/mol. The van der Waals surface area contributed by atoms with Crippen molar-refractivity contribution in [2.24, 2.45) is 0 Å². The number of ether oxygens (including phenoxy) is 1. The van der Waals surface area contributed by atoms with E-state index in [1.54, 1.807) is 0 Å². The smallest absolute Gasteiger partial charge is 0.215 e. The lowest BCUT2D eigenvalue weighted by molar-refractivity contribution is 0.0731. The number of fused-ring (bicyclic) bond motifs is 3. The molecule has 3 heterocycles. The minimum atomic E-state index is -3.35. The molecule has 0 amide bonds. The van der Waals surface area contributed by atoms with Crippen molar-refractivity contribution in [1.82, 2.24) is 13.7 Å². The number of para-hydroxylation sites is 2. The Hall–Kier alpha value is -2.67. The molecule has 0 atom stereocenters. The minimum absolute atomic E-state index is 0.0137. The molecule has 8 nitrogen and oxygen atoms in total. The number of nitrogens with one attached hydrogen (secondary N) is 1. The fraction of sp³-hybridized carbons (Fsp3) is 0.368. The maximum Gasteiger partial charge on any atom is 0.215 e. The molecule has 0 saturated carbocycles. The summed E-state index contributed by atoms with van der Waals surface area (Å²) in [6, 6.07) is 11.7. The third kappa shape index (κ3) is 3.30. The SMILES string of the molecule is Cc1cc(NCCS(=O)(=O)N2CCOCC2)n2c(nc3ccccc32)c1C#N. The molecule has 1 aliphatic heterocycles. The second kappa shape index (κ2) is 7.39. The van der Waals surface area contributed by atoms with Crippen molar-refractivity contribution in [3.8, 4) is 6.07 Å². The minimum Gasteiger partial charge on any atom is -0.379 e. The molecule has 1 fully saturated rings. The maximum absolute atomic E-state index is 12.5. The van der Waals surface area contributed by atoms with E-state index in [2.05, 4.69) is 16.4 Å². The lowest BCUT2D eigenvalue weighted by Gasteiger charge is -2.26. The first-order valence-electron chi connectivity index (χ1n) is 9.11. The van der Waals surface area contributed by atoms with E-state index >= 15 is 0 Å². The second-order valence-corrected chi connectivity index (χ2v) is 8.80. The van der Waals surface area contributed by atoms with Gasteiger partial charge in [-0.25, -0.2) is 13.4 Å². The zero-order valence-electron chi connectivity index (χ0n) is 15.6. The van der Waals surface area contributed by atoms with E-state index in [4.69, 9.17) is 4.74 Å². The number of hydrogen-bond acceptors (Lipinski definition) is 6. The molecule has 0 aliphatic carbocycles. The summed E-state index contributed by atoms with van der Waals surface area (Å²) in [4.78, 5) is 4.60. The molecule has 1 N–H and O–H groups in total. The van der Waals surface area contributed by atoms with Crippen LogP contribution in [-0.4, -0.2) is 60.7 Å². The van der Waals surface area contributed by atoms with Gasteiger partial charge in [0.1, 0.15) is 11.9 Å². The lowest BCUT2D eigenvalue weighted by Crippen LogP contribution is -2.42.